The summed E-state index contributed by atoms with van der Waals surface area (Å²) >= 11 is -0.889. The molecule has 0 heterocycles. The Morgan fingerprint density at radius 3 is 0.882 bits per heavy atom. The van der Waals surface area contributed by atoms with Gasteiger partial charge in [-0.15, -0.1) is 0 Å². The standard InChI is InChI=1S/C10H15.C4H6.2ClH.Ta/c1-6-7(2)9(4)10(5)8(6)3;1-3-4-2;;;/h1-5H3;3-4H,1-2H2;2*1H;/q;-2;;;+2/p-2. The summed E-state index contributed by atoms with van der Waals surface area (Å²) in [6.07, 6.45) is 3.28. The van der Waals surface area contributed by atoms with Gasteiger partial charge in [-0.1, -0.05) is 34.6 Å². The third kappa shape index (κ3) is 8.16. The molecule has 0 nitrogen and oxygen atoms in total. The van der Waals surface area contributed by atoms with E-state index >= 15 is 0 Å². The monoisotopic (exact) mass is 440 g/mol. The van der Waals surface area contributed by atoms with E-state index in [1.165, 1.54) is 29.6 Å². The quantitative estimate of drug-likeness (QED) is 0.478. The van der Waals surface area contributed by atoms with Gasteiger partial charge >= 0.3 is 36.0 Å². The first kappa shape index (κ1) is 20.6. The third-order valence-electron chi connectivity index (χ3n) is 2.98. The molecule has 3 heteroatoms. The first-order valence-corrected chi connectivity index (χ1v) is 13.2. The van der Waals surface area contributed by atoms with Gasteiger partial charge in [0.2, 0.25) is 0 Å². The molecule has 1 fully saturated rings. The van der Waals surface area contributed by atoms with Crippen LogP contribution in [-0.4, -0.2) is 0 Å². The van der Waals surface area contributed by atoms with Gasteiger partial charge in [-0.2, -0.15) is 0 Å². The Bertz CT molecular complexity index is 117. The van der Waals surface area contributed by atoms with Crippen molar-refractivity contribution < 1.29 is 17.6 Å². The van der Waals surface area contributed by atoms with Crippen molar-refractivity contribution in [1.82, 2.24) is 0 Å². The number of hydrogen-bond donors (Lipinski definition) is 0. The van der Waals surface area contributed by atoms with Crippen molar-refractivity contribution in [3.63, 3.8) is 0 Å². The summed E-state index contributed by atoms with van der Waals surface area (Å²) in [5, 5.41) is 0. The van der Waals surface area contributed by atoms with Gasteiger partial charge in [-0.05, 0) is 29.6 Å². The van der Waals surface area contributed by atoms with Crippen LogP contribution in [0.25, 0.3) is 0 Å². The maximum absolute atomic E-state index is 4.94. The first-order chi connectivity index (χ1) is 7.88. The molecule has 0 bridgehead atoms. The second kappa shape index (κ2) is 12.4. The van der Waals surface area contributed by atoms with E-state index in [9.17, 15) is 0 Å². The van der Waals surface area contributed by atoms with E-state index in [4.69, 9.17) is 18.4 Å². The molecule has 7 radical (unpaired) electrons. The predicted octanol–water partition coefficient (Wildman–Crippen LogP) is 5.41. The van der Waals surface area contributed by atoms with Crippen molar-refractivity contribution in [2.45, 2.75) is 34.6 Å². The van der Waals surface area contributed by atoms with E-state index in [0.717, 1.165) is 0 Å². The minimum absolute atomic E-state index is 0.889. The molecular formula is C14H21Cl2Ta-2. The number of halogens is 2. The van der Waals surface area contributed by atoms with Crippen molar-refractivity contribution in [2.24, 2.45) is 0 Å². The second-order valence-electron chi connectivity index (χ2n) is 3.66. The van der Waals surface area contributed by atoms with Crippen LogP contribution in [-0.2, 0) is 17.6 Å². The molecule has 0 unspecified atom stereocenters. The zero-order chi connectivity index (χ0) is 14.0. The SMILES string of the molecule is C[C]1[C](C)[C](C)[C](C)[C]1C.[CH2-][CH][CH][CH2-].[Cl][Ta][Cl]. The van der Waals surface area contributed by atoms with E-state index in [2.05, 4.69) is 48.5 Å². The molecule has 17 heavy (non-hydrogen) atoms. The molecule has 0 aliphatic heterocycles. The summed E-state index contributed by atoms with van der Waals surface area (Å²) in [5.74, 6) is 7.34. The Kier molecular flexibility index (Phi) is 15.0. The van der Waals surface area contributed by atoms with Crippen LogP contribution in [0.5, 0.6) is 0 Å². The summed E-state index contributed by atoms with van der Waals surface area (Å²) in [6, 6.07) is 0. The average molecular weight is 441 g/mol. The van der Waals surface area contributed by atoms with Crippen LogP contribution in [0.1, 0.15) is 34.6 Å². The summed E-state index contributed by atoms with van der Waals surface area (Å²) in [5.41, 5.74) is 0. The molecule has 1 aliphatic rings. The van der Waals surface area contributed by atoms with Crippen molar-refractivity contribution in [3.8, 4) is 0 Å². The molecule has 98 valence electrons. The Morgan fingerprint density at radius 1 is 0.706 bits per heavy atom. The Labute approximate surface area is 126 Å². The normalized spacial score (nSPS) is 19.4. The van der Waals surface area contributed by atoms with Crippen LogP contribution in [0.15, 0.2) is 0 Å². The third-order valence-corrected chi connectivity index (χ3v) is 2.98. The molecule has 1 aliphatic carbocycles. The Balaban J connectivity index is 0. The second-order valence-corrected chi connectivity index (χ2v) is 8.30. The minimum atomic E-state index is -0.889. The summed E-state index contributed by atoms with van der Waals surface area (Å²) < 4.78 is 0. The molecular weight excluding hydrogens is 420 g/mol. The van der Waals surface area contributed by atoms with Crippen molar-refractivity contribution in [1.29, 1.82) is 0 Å². The van der Waals surface area contributed by atoms with Crippen LogP contribution in [0, 0.1) is 56.3 Å². The van der Waals surface area contributed by atoms with Crippen LogP contribution < -0.4 is 0 Å². The van der Waals surface area contributed by atoms with E-state index in [0.29, 0.717) is 0 Å². The van der Waals surface area contributed by atoms with E-state index in [1.54, 1.807) is 12.8 Å². The van der Waals surface area contributed by atoms with Crippen molar-refractivity contribution in [3.05, 3.63) is 56.3 Å². The van der Waals surface area contributed by atoms with Crippen LogP contribution >= 0.6 is 18.4 Å². The Hall–Kier alpha value is 1.32. The molecule has 0 saturated heterocycles. The molecule has 0 aromatic heterocycles. The zero-order valence-corrected chi connectivity index (χ0v) is 16.0. The van der Waals surface area contributed by atoms with E-state index in [1.807, 2.05) is 0 Å². The topological polar surface area (TPSA) is 0 Å². The van der Waals surface area contributed by atoms with Gasteiger partial charge in [0.1, 0.15) is 0 Å². The van der Waals surface area contributed by atoms with Crippen LogP contribution in [0.4, 0.5) is 0 Å². The summed E-state index contributed by atoms with van der Waals surface area (Å²) in [6.45, 7) is 17.7. The van der Waals surface area contributed by atoms with Crippen molar-refractivity contribution in [2.75, 3.05) is 0 Å². The summed E-state index contributed by atoms with van der Waals surface area (Å²) in [7, 11) is 9.89. The molecule has 0 atom stereocenters. The van der Waals surface area contributed by atoms with Gasteiger partial charge in [0.25, 0.3) is 0 Å². The molecule has 0 N–H and O–H groups in total. The molecule has 0 aromatic carbocycles. The molecule has 0 amide bonds. The van der Waals surface area contributed by atoms with Crippen LogP contribution in [0.2, 0.25) is 0 Å². The number of unbranched alkanes of at least 4 members (excludes halogenated alkanes) is 1. The van der Waals surface area contributed by atoms with Gasteiger partial charge in [0.15, 0.2) is 0 Å². The van der Waals surface area contributed by atoms with Gasteiger partial charge in [-0.25, -0.2) is 12.8 Å². The fraction of sp³-hybridized carbons (Fsp3) is 0.357. The maximum atomic E-state index is 4.94. The van der Waals surface area contributed by atoms with Gasteiger partial charge < -0.3 is 13.8 Å². The van der Waals surface area contributed by atoms with Crippen LogP contribution in [0.3, 0.4) is 0 Å². The van der Waals surface area contributed by atoms with E-state index in [-0.39, 0.29) is 0 Å². The fourth-order valence-corrected chi connectivity index (χ4v) is 1.41. The predicted molar refractivity (Wildman–Crippen MR) is 75.6 cm³/mol. The molecule has 0 aromatic rings. The average Bonchev–Trinajstić information content (AvgIpc) is 2.49. The molecule has 1 rings (SSSR count). The fourth-order valence-electron chi connectivity index (χ4n) is 1.41. The zero-order valence-electron chi connectivity index (χ0n) is 11.3. The summed E-state index contributed by atoms with van der Waals surface area (Å²) in [4.78, 5) is 0. The Morgan fingerprint density at radius 2 is 0.824 bits per heavy atom. The molecule has 0 spiro atoms. The first-order valence-electron chi connectivity index (χ1n) is 5.24. The van der Waals surface area contributed by atoms with E-state index < -0.39 is 17.6 Å². The number of hydrogen-bond acceptors (Lipinski definition) is 0. The molecule has 1 saturated carbocycles. The van der Waals surface area contributed by atoms with Crippen molar-refractivity contribution >= 4 is 18.4 Å². The van der Waals surface area contributed by atoms with Gasteiger partial charge in [0.05, 0.1) is 0 Å². The van der Waals surface area contributed by atoms with Gasteiger partial charge in [0, 0.05) is 0 Å². The number of rotatable bonds is 1. The van der Waals surface area contributed by atoms with Gasteiger partial charge in [-0.3, -0.25) is 0 Å².